The van der Waals surface area contributed by atoms with Crippen molar-refractivity contribution in [3.8, 4) is 0 Å². The molecule has 1 aliphatic heterocycles. The summed E-state index contributed by atoms with van der Waals surface area (Å²) in [6.07, 6.45) is -3.25. The summed E-state index contributed by atoms with van der Waals surface area (Å²) in [5.41, 5.74) is -0.608. The van der Waals surface area contributed by atoms with Crippen molar-refractivity contribution in [1.82, 2.24) is 0 Å². The molecule has 4 nitrogen and oxygen atoms in total. The van der Waals surface area contributed by atoms with Crippen molar-refractivity contribution in [3.05, 3.63) is 0 Å². The molecule has 0 radical (unpaired) electrons. The fourth-order valence-corrected chi connectivity index (χ4v) is 1.20. The van der Waals surface area contributed by atoms with Crippen molar-refractivity contribution in [3.63, 3.8) is 0 Å². The van der Waals surface area contributed by atoms with Crippen LogP contribution >= 0.6 is 0 Å². The summed E-state index contributed by atoms with van der Waals surface area (Å²) in [6.45, 7) is 5.00. The first-order valence-electron chi connectivity index (χ1n) is 4.95. The van der Waals surface area contributed by atoms with Gasteiger partial charge in [-0.2, -0.15) is 0 Å². The van der Waals surface area contributed by atoms with Gasteiger partial charge in [-0.3, -0.25) is 4.79 Å². The lowest BCUT2D eigenvalue weighted by Gasteiger charge is -2.19. The summed E-state index contributed by atoms with van der Waals surface area (Å²) >= 11 is 0. The molecular weight excluding hydrogens is 203 g/mol. The van der Waals surface area contributed by atoms with Crippen LogP contribution in [0.5, 0.6) is 0 Å². The van der Waals surface area contributed by atoms with Crippen LogP contribution in [0.2, 0.25) is 0 Å². The molecule has 1 fully saturated rings. The smallest absolute Gasteiger partial charge is 0.311 e. The molecule has 0 aromatic rings. The number of carbonyl (C=O) groups is 1. The molecule has 1 heterocycles. The van der Waals surface area contributed by atoms with Gasteiger partial charge in [0.2, 0.25) is 0 Å². The third kappa shape index (κ3) is 3.43. The monoisotopic (exact) mass is 220 g/mol. The topological polar surface area (TPSA) is 55.8 Å². The van der Waals surface area contributed by atoms with Crippen LogP contribution in [-0.4, -0.2) is 36.2 Å². The van der Waals surface area contributed by atoms with Gasteiger partial charge in [-0.25, -0.2) is 4.39 Å². The molecule has 5 heteroatoms. The largest absolute Gasteiger partial charge is 0.462 e. The van der Waals surface area contributed by atoms with Crippen LogP contribution in [0.4, 0.5) is 4.39 Å². The maximum Gasteiger partial charge on any atom is 0.311 e. The molecular formula is C10H17FO4. The maximum atomic E-state index is 13.1. The van der Waals surface area contributed by atoms with Crippen molar-refractivity contribution in [2.75, 3.05) is 6.61 Å². The van der Waals surface area contributed by atoms with Gasteiger partial charge in [-0.15, -0.1) is 0 Å². The predicted octanol–water partition coefficient (Wildman–Crippen LogP) is 1.02. The quantitative estimate of drug-likeness (QED) is 0.706. The predicted molar refractivity (Wildman–Crippen MR) is 50.8 cm³/mol. The van der Waals surface area contributed by atoms with E-state index in [1.807, 2.05) is 0 Å². The van der Waals surface area contributed by atoms with Crippen LogP contribution in [0.3, 0.4) is 0 Å². The van der Waals surface area contributed by atoms with Gasteiger partial charge in [0.05, 0.1) is 5.41 Å². The number of rotatable bonds is 2. The fraction of sp³-hybridized carbons (Fsp3) is 0.900. The molecule has 0 aromatic carbocycles. The lowest BCUT2D eigenvalue weighted by Crippen LogP contribution is -2.30. The van der Waals surface area contributed by atoms with E-state index >= 15 is 0 Å². The zero-order valence-corrected chi connectivity index (χ0v) is 9.20. The first-order valence-corrected chi connectivity index (χ1v) is 4.95. The standard InChI is InChI=1S/C10H17FO4/c1-10(2,3)9(13)14-5-7-6(11)4-8(12)15-7/h6-8,12H,4-5H2,1-3H3. The molecule has 1 N–H and O–H groups in total. The molecule has 0 aromatic heterocycles. The number of carbonyl (C=O) groups excluding carboxylic acids is 1. The van der Waals surface area contributed by atoms with E-state index in [0.29, 0.717) is 0 Å². The van der Waals surface area contributed by atoms with Crippen molar-refractivity contribution in [1.29, 1.82) is 0 Å². The van der Waals surface area contributed by atoms with Crippen LogP contribution < -0.4 is 0 Å². The summed E-state index contributed by atoms with van der Waals surface area (Å²) in [6, 6.07) is 0. The molecule has 0 amide bonds. The van der Waals surface area contributed by atoms with E-state index in [0.717, 1.165) is 0 Å². The lowest BCUT2D eigenvalue weighted by atomic mass is 9.97. The zero-order valence-electron chi connectivity index (χ0n) is 9.20. The number of hydrogen-bond acceptors (Lipinski definition) is 4. The number of hydrogen-bond donors (Lipinski definition) is 1. The number of alkyl halides is 1. The lowest BCUT2D eigenvalue weighted by molar-refractivity contribution is -0.162. The van der Waals surface area contributed by atoms with Crippen LogP contribution in [-0.2, 0) is 14.3 Å². The molecule has 1 saturated heterocycles. The molecule has 0 bridgehead atoms. The molecule has 3 atom stereocenters. The first-order chi connectivity index (χ1) is 6.80. The maximum absolute atomic E-state index is 13.1. The third-order valence-electron chi connectivity index (χ3n) is 2.15. The van der Waals surface area contributed by atoms with Crippen molar-refractivity contribution >= 4 is 5.97 Å². The van der Waals surface area contributed by atoms with Gasteiger partial charge < -0.3 is 14.6 Å². The van der Waals surface area contributed by atoms with E-state index in [4.69, 9.17) is 14.6 Å². The molecule has 0 spiro atoms. The van der Waals surface area contributed by atoms with Crippen molar-refractivity contribution < 1.29 is 23.8 Å². The van der Waals surface area contributed by atoms with Crippen LogP contribution in [0.1, 0.15) is 27.2 Å². The number of aliphatic hydroxyl groups is 1. The van der Waals surface area contributed by atoms with Gasteiger partial charge in [0.15, 0.2) is 6.29 Å². The minimum Gasteiger partial charge on any atom is -0.462 e. The second kappa shape index (κ2) is 4.45. The Morgan fingerprint density at radius 2 is 2.20 bits per heavy atom. The van der Waals surface area contributed by atoms with Gasteiger partial charge >= 0.3 is 5.97 Å². The summed E-state index contributed by atoms with van der Waals surface area (Å²) in [7, 11) is 0. The molecule has 0 aliphatic carbocycles. The van der Waals surface area contributed by atoms with Crippen molar-refractivity contribution in [2.45, 2.75) is 45.8 Å². The van der Waals surface area contributed by atoms with Gasteiger partial charge in [-0.1, -0.05) is 0 Å². The van der Waals surface area contributed by atoms with E-state index in [1.54, 1.807) is 20.8 Å². The summed E-state index contributed by atoms with van der Waals surface area (Å²) in [5.74, 6) is -0.403. The highest BCUT2D eigenvalue weighted by Crippen LogP contribution is 2.23. The summed E-state index contributed by atoms with van der Waals surface area (Å²) in [5, 5.41) is 8.99. The fourth-order valence-electron chi connectivity index (χ4n) is 1.20. The van der Waals surface area contributed by atoms with E-state index < -0.39 is 29.9 Å². The number of esters is 1. The minimum atomic E-state index is -1.27. The Bertz CT molecular complexity index is 236. The van der Waals surface area contributed by atoms with Gasteiger partial charge in [0, 0.05) is 6.42 Å². The Hall–Kier alpha value is -0.680. The Labute approximate surface area is 88.4 Å². The summed E-state index contributed by atoms with van der Waals surface area (Å²) < 4.78 is 22.8. The highest BCUT2D eigenvalue weighted by Gasteiger charge is 2.36. The van der Waals surface area contributed by atoms with Crippen LogP contribution in [0, 0.1) is 5.41 Å². The Kier molecular flexibility index (Phi) is 3.67. The average Bonchev–Trinajstić information content (AvgIpc) is 2.39. The molecule has 1 rings (SSSR count). The molecule has 1 aliphatic rings. The van der Waals surface area contributed by atoms with Gasteiger partial charge in [-0.05, 0) is 20.8 Å². The SMILES string of the molecule is CC(C)(C)C(=O)OCC1OC(O)CC1F. The van der Waals surface area contributed by atoms with Gasteiger partial charge in [0.25, 0.3) is 0 Å². The Morgan fingerprint density at radius 1 is 1.60 bits per heavy atom. The van der Waals surface area contributed by atoms with Crippen LogP contribution in [0.15, 0.2) is 0 Å². The number of aliphatic hydroxyl groups excluding tert-OH is 1. The average molecular weight is 220 g/mol. The molecule has 3 unspecified atom stereocenters. The first kappa shape index (κ1) is 12.4. The normalized spacial score (nSPS) is 31.7. The molecule has 15 heavy (non-hydrogen) atoms. The van der Waals surface area contributed by atoms with Crippen LogP contribution in [0.25, 0.3) is 0 Å². The third-order valence-corrected chi connectivity index (χ3v) is 2.15. The Morgan fingerprint density at radius 3 is 2.60 bits per heavy atom. The Balaban J connectivity index is 2.35. The van der Waals surface area contributed by atoms with E-state index in [-0.39, 0.29) is 13.0 Å². The highest BCUT2D eigenvalue weighted by molar-refractivity contribution is 5.75. The minimum absolute atomic E-state index is 0.0578. The second-order valence-corrected chi connectivity index (χ2v) is 4.73. The van der Waals surface area contributed by atoms with E-state index in [2.05, 4.69) is 0 Å². The zero-order chi connectivity index (χ0) is 11.6. The highest BCUT2D eigenvalue weighted by atomic mass is 19.1. The summed E-state index contributed by atoms with van der Waals surface area (Å²) in [4.78, 5) is 11.3. The van der Waals surface area contributed by atoms with Gasteiger partial charge in [0.1, 0.15) is 18.9 Å². The second-order valence-electron chi connectivity index (χ2n) is 4.73. The number of halogens is 1. The molecule has 88 valence electrons. The van der Waals surface area contributed by atoms with E-state index in [9.17, 15) is 9.18 Å². The molecule has 0 saturated carbocycles. The van der Waals surface area contributed by atoms with Crippen molar-refractivity contribution in [2.24, 2.45) is 5.41 Å². The van der Waals surface area contributed by atoms with E-state index in [1.165, 1.54) is 0 Å². The number of ether oxygens (including phenoxy) is 2.